The minimum absolute atomic E-state index is 0.0398. The number of nitrogens with zero attached hydrogens (tertiary/aromatic N) is 1. The van der Waals surface area contributed by atoms with Gasteiger partial charge in [-0.1, -0.05) is 13.8 Å². The van der Waals surface area contributed by atoms with Gasteiger partial charge in [-0.25, -0.2) is 0 Å². The van der Waals surface area contributed by atoms with E-state index in [4.69, 9.17) is 0 Å². The van der Waals surface area contributed by atoms with Gasteiger partial charge < -0.3 is 10.2 Å². The second kappa shape index (κ2) is 6.41. The smallest absolute Gasteiger partial charge is 0.333 e. The van der Waals surface area contributed by atoms with Crippen molar-refractivity contribution in [2.24, 2.45) is 11.8 Å². The fraction of sp³-hybridized carbons (Fsp3) is 0.917. The van der Waals surface area contributed by atoms with Crippen LogP contribution < -0.4 is 5.32 Å². The van der Waals surface area contributed by atoms with Crippen LogP contribution in [0.3, 0.4) is 0 Å². The zero-order valence-electron chi connectivity index (χ0n) is 10.9. The molecule has 3 nitrogen and oxygen atoms in total. The van der Waals surface area contributed by atoms with Crippen molar-refractivity contribution < 1.29 is 18.0 Å². The lowest BCUT2D eigenvalue weighted by atomic mass is 10.0. The van der Waals surface area contributed by atoms with Crippen LogP contribution in [0.5, 0.6) is 0 Å². The van der Waals surface area contributed by atoms with Gasteiger partial charge in [-0.15, -0.1) is 0 Å². The molecule has 1 saturated heterocycles. The van der Waals surface area contributed by atoms with E-state index in [1.165, 1.54) is 0 Å². The van der Waals surface area contributed by atoms with Gasteiger partial charge >= 0.3 is 6.18 Å². The molecule has 1 fully saturated rings. The fourth-order valence-corrected chi connectivity index (χ4v) is 2.18. The van der Waals surface area contributed by atoms with E-state index >= 15 is 0 Å². The Morgan fingerprint density at radius 1 is 1.44 bits per heavy atom. The number of hydrogen-bond acceptors (Lipinski definition) is 2. The number of hydrogen-bond donors (Lipinski definition) is 1. The zero-order valence-corrected chi connectivity index (χ0v) is 10.9. The molecular weight excluding hydrogens is 245 g/mol. The summed E-state index contributed by atoms with van der Waals surface area (Å²) >= 11 is 0. The first-order chi connectivity index (χ1) is 8.28. The third-order valence-corrected chi connectivity index (χ3v) is 2.93. The van der Waals surface area contributed by atoms with Crippen LogP contribution in [0, 0.1) is 11.8 Å². The molecule has 1 atom stereocenters. The Balaban J connectivity index is 2.54. The molecule has 0 saturated carbocycles. The summed E-state index contributed by atoms with van der Waals surface area (Å²) in [7, 11) is 0. The van der Waals surface area contributed by atoms with E-state index in [2.05, 4.69) is 5.32 Å². The standard InChI is InChI=1S/C12H21F3N2O/c1-9(2)7-17(8-12(13,14)15)11(18)5-10-3-4-16-6-10/h9-10,16H,3-8H2,1-2H3. The molecule has 1 aliphatic rings. The lowest BCUT2D eigenvalue weighted by Crippen LogP contribution is -2.41. The predicted octanol–water partition coefficient (Wildman–Crippen LogP) is 2.03. The molecule has 1 unspecified atom stereocenters. The Labute approximate surface area is 106 Å². The molecule has 0 bridgehead atoms. The molecule has 1 amide bonds. The van der Waals surface area contributed by atoms with E-state index in [1.54, 1.807) is 0 Å². The molecule has 1 heterocycles. The van der Waals surface area contributed by atoms with Gasteiger partial charge in [0, 0.05) is 13.0 Å². The highest BCUT2D eigenvalue weighted by Gasteiger charge is 2.34. The summed E-state index contributed by atoms with van der Waals surface area (Å²) < 4.78 is 37.3. The van der Waals surface area contributed by atoms with Crippen molar-refractivity contribution in [3.8, 4) is 0 Å². The molecule has 6 heteroatoms. The maximum Gasteiger partial charge on any atom is 0.406 e. The Morgan fingerprint density at radius 2 is 2.11 bits per heavy atom. The average Bonchev–Trinajstić information content (AvgIpc) is 2.66. The van der Waals surface area contributed by atoms with Gasteiger partial charge in [0.2, 0.25) is 5.91 Å². The van der Waals surface area contributed by atoms with Gasteiger partial charge in [0.05, 0.1) is 0 Å². The van der Waals surface area contributed by atoms with Crippen LogP contribution in [0.25, 0.3) is 0 Å². The van der Waals surface area contributed by atoms with Crippen molar-refractivity contribution in [3.05, 3.63) is 0 Å². The summed E-state index contributed by atoms with van der Waals surface area (Å²) in [6.07, 6.45) is -3.23. The maximum atomic E-state index is 12.4. The van der Waals surface area contributed by atoms with Crippen LogP contribution in [-0.4, -0.2) is 43.2 Å². The molecule has 0 aromatic heterocycles. The van der Waals surface area contributed by atoms with E-state index in [0.717, 1.165) is 24.4 Å². The first-order valence-electron chi connectivity index (χ1n) is 6.33. The summed E-state index contributed by atoms with van der Waals surface area (Å²) in [4.78, 5) is 12.9. The summed E-state index contributed by atoms with van der Waals surface area (Å²) in [6, 6.07) is 0. The minimum atomic E-state index is -4.32. The van der Waals surface area contributed by atoms with Crippen LogP contribution in [-0.2, 0) is 4.79 Å². The highest BCUT2D eigenvalue weighted by Crippen LogP contribution is 2.20. The summed E-state index contributed by atoms with van der Waals surface area (Å²) in [5.41, 5.74) is 0. The lowest BCUT2D eigenvalue weighted by Gasteiger charge is -2.26. The summed E-state index contributed by atoms with van der Waals surface area (Å²) in [5, 5.41) is 3.11. The van der Waals surface area contributed by atoms with E-state index < -0.39 is 12.7 Å². The third kappa shape index (κ3) is 5.71. The Kier molecular flexibility index (Phi) is 5.44. The van der Waals surface area contributed by atoms with Crippen LogP contribution >= 0.6 is 0 Å². The number of halogens is 3. The highest BCUT2D eigenvalue weighted by molar-refractivity contribution is 5.76. The van der Waals surface area contributed by atoms with Crippen LogP contribution in [0.1, 0.15) is 26.7 Å². The van der Waals surface area contributed by atoms with Gasteiger partial charge in [-0.05, 0) is 31.3 Å². The second-order valence-electron chi connectivity index (χ2n) is 5.35. The number of rotatable bonds is 5. The monoisotopic (exact) mass is 266 g/mol. The Hall–Kier alpha value is -0.780. The minimum Gasteiger partial charge on any atom is -0.333 e. The molecule has 0 radical (unpaired) electrons. The van der Waals surface area contributed by atoms with Gasteiger partial charge in [0.25, 0.3) is 0 Å². The zero-order chi connectivity index (χ0) is 13.8. The number of alkyl halides is 3. The molecule has 18 heavy (non-hydrogen) atoms. The van der Waals surface area contributed by atoms with Crippen molar-refractivity contribution in [1.82, 2.24) is 10.2 Å². The SMILES string of the molecule is CC(C)CN(CC(F)(F)F)C(=O)CC1CCNC1. The van der Waals surface area contributed by atoms with Crippen molar-refractivity contribution in [2.45, 2.75) is 32.9 Å². The topological polar surface area (TPSA) is 32.3 Å². The second-order valence-corrected chi connectivity index (χ2v) is 5.35. The molecular formula is C12H21F3N2O. The number of amides is 1. The van der Waals surface area contributed by atoms with Gasteiger partial charge in [-0.3, -0.25) is 4.79 Å². The first-order valence-corrected chi connectivity index (χ1v) is 6.33. The fourth-order valence-electron chi connectivity index (χ4n) is 2.18. The quantitative estimate of drug-likeness (QED) is 0.826. The maximum absolute atomic E-state index is 12.4. The van der Waals surface area contributed by atoms with E-state index in [0.29, 0.717) is 0 Å². The van der Waals surface area contributed by atoms with Gasteiger partial charge in [0.1, 0.15) is 6.54 Å². The summed E-state index contributed by atoms with van der Waals surface area (Å²) in [6.45, 7) is 4.24. The van der Waals surface area contributed by atoms with Crippen LogP contribution in [0.15, 0.2) is 0 Å². The molecule has 1 aliphatic heterocycles. The number of carbonyl (C=O) groups excluding carboxylic acids is 1. The molecule has 0 aromatic rings. The van der Waals surface area contributed by atoms with Crippen molar-refractivity contribution in [3.63, 3.8) is 0 Å². The average molecular weight is 266 g/mol. The Morgan fingerprint density at radius 3 is 2.56 bits per heavy atom. The highest BCUT2D eigenvalue weighted by atomic mass is 19.4. The largest absolute Gasteiger partial charge is 0.406 e. The molecule has 1 rings (SSSR count). The molecule has 0 spiro atoms. The van der Waals surface area contributed by atoms with E-state index in [9.17, 15) is 18.0 Å². The lowest BCUT2D eigenvalue weighted by molar-refractivity contribution is -0.162. The Bertz CT molecular complexity index is 273. The van der Waals surface area contributed by atoms with Crippen molar-refractivity contribution in [2.75, 3.05) is 26.2 Å². The van der Waals surface area contributed by atoms with Crippen molar-refractivity contribution in [1.29, 1.82) is 0 Å². The number of nitrogens with one attached hydrogen (secondary N) is 1. The normalized spacial score (nSPS) is 20.4. The van der Waals surface area contributed by atoms with Gasteiger partial charge in [-0.2, -0.15) is 13.2 Å². The van der Waals surface area contributed by atoms with E-state index in [1.807, 2.05) is 13.8 Å². The molecule has 106 valence electrons. The van der Waals surface area contributed by atoms with Crippen LogP contribution in [0.2, 0.25) is 0 Å². The van der Waals surface area contributed by atoms with Crippen LogP contribution in [0.4, 0.5) is 13.2 Å². The van der Waals surface area contributed by atoms with E-state index in [-0.39, 0.29) is 30.7 Å². The molecule has 1 N–H and O–H groups in total. The predicted molar refractivity (Wildman–Crippen MR) is 63.1 cm³/mol. The summed E-state index contributed by atoms with van der Waals surface area (Å²) in [5.74, 6) is -0.159. The first kappa shape index (κ1) is 15.3. The molecule has 0 aromatic carbocycles. The third-order valence-electron chi connectivity index (χ3n) is 2.93. The molecule has 0 aliphatic carbocycles. The number of carbonyl (C=O) groups is 1. The van der Waals surface area contributed by atoms with Crippen molar-refractivity contribution >= 4 is 5.91 Å². The van der Waals surface area contributed by atoms with Gasteiger partial charge in [0.15, 0.2) is 0 Å².